The summed E-state index contributed by atoms with van der Waals surface area (Å²) in [4.78, 5) is 0. The van der Waals surface area contributed by atoms with Crippen molar-refractivity contribution in [1.29, 1.82) is 0 Å². The summed E-state index contributed by atoms with van der Waals surface area (Å²) in [6.07, 6.45) is 0. The van der Waals surface area contributed by atoms with Gasteiger partial charge in [-0.05, 0) is 45.2 Å². The van der Waals surface area contributed by atoms with Crippen LogP contribution < -0.4 is 5.73 Å². The molecule has 3 aromatic carbocycles. The van der Waals surface area contributed by atoms with E-state index in [0.29, 0.717) is 0 Å². The van der Waals surface area contributed by atoms with E-state index in [4.69, 9.17) is 5.73 Å². The maximum atomic E-state index is 6.35. The Bertz CT molecular complexity index is 759. The number of rotatable bonds is 0. The molecule has 3 aromatic rings. The molecule has 0 spiro atoms. The second-order valence-electron chi connectivity index (χ2n) is 4.85. The molecule has 22 heavy (non-hydrogen) atoms. The summed E-state index contributed by atoms with van der Waals surface area (Å²) >= 11 is 0. The third kappa shape index (κ3) is 2.65. The normalized spacial score (nSPS) is 14.1. The molecule has 1 unspecified atom stereocenters. The molecule has 1 nitrogen and oxygen atoms in total. The van der Waals surface area contributed by atoms with E-state index in [1.54, 1.807) is 0 Å². The molecule has 0 fully saturated rings. The van der Waals surface area contributed by atoms with Gasteiger partial charge in [0.2, 0.25) is 0 Å². The van der Waals surface area contributed by atoms with Crippen LogP contribution in [0, 0.1) is 0 Å². The molecule has 2 N–H and O–H groups in total. The van der Waals surface area contributed by atoms with Crippen molar-refractivity contribution in [3.05, 3.63) is 71.8 Å². The van der Waals surface area contributed by atoms with Crippen LogP contribution in [0.3, 0.4) is 0 Å². The van der Waals surface area contributed by atoms with Crippen LogP contribution in [0.2, 0.25) is 0 Å². The molecule has 1 atom stereocenters. The van der Waals surface area contributed by atoms with Gasteiger partial charge in [-0.2, -0.15) is 0 Å². The highest BCUT2D eigenvalue weighted by Crippen LogP contribution is 2.43. The lowest BCUT2D eigenvalue weighted by atomic mass is 10.00. The van der Waals surface area contributed by atoms with Crippen LogP contribution in [0.25, 0.3) is 21.9 Å². The average Bonchev–Trinajstić information content (AvgIpc) is 2.89. The summed E-state index contributed by atoms with van der Waals surface area (Å²) in [5, 5.41) is 2.54. The van der Waals surface area contributed by atoms with Crippen LogP contribution in [0.1, 0.15) is 44.9 Å². The Morgan fingerprint density at radius 1 is 0.636 bits per heavy atom. The fourth-order valence-electron chi connectivity index (χ4n) is 2.93. The van der Waals surface area contributed by atoms with E-state index in [1.807, 2.05) is 27.7 Å². The van der Waals surface area contributed by atoms with Crippen molar-refractivity contribution < 1.29 is 0 Å². The van der Waals surface area contributed by atoms with Gasteiger partial charge in [0.15, 0.2) is 0 Å². The molecule has 114 valence electrons. The molecule has 0 radical (unpaired) electrons. The van der Waals surface area contributed by atoms with Crippen molar-refractivity contribution in [1.82, 2.24) is 0 Å². The van der Waals surface area contributed by atoms with E-state index < -0.39 is 0 Å². The predicted molar refractivity (Wildman–Crippen MR) is 98.1 cm³/mol. The van der Waals surface area contributed by atoms with Crippen LogP contribution in [-0.4, -0.2) is 0 Å². The summed E-state index contributed by atoms with van der Waals surface area (Å²) in [6, 6.07) is 21.4. The van der Waals surface area contributed by atoms with Crippen molar-refractivity contribution in [3.63, 3.8) is 0 Å². The first-order valence-corrected chi connectivity index (χ1v) is 8.22. The molecule has 4 rings (SSSR count). The highest BCUT2D eigenvalue weighted by Gasteiger charge is 2.25. The summed E-state index contributed by atoms with van der Waals surface area (Å²) in [6.45, 7) is 8.00. The summed E-state index contributed by atoms with van der Waals surface area (Å²) in [5.74, 6) is 0. The molecule has 0 amide bonds. The van der Waals surface area contributed by atoms with Gasteiger partial charge in [-0.1, -0.05) is 76.2 Å². The van der Waals surface area contributed by atoms with Crippen molar-refractivity contribution in [2.45, 2.75) is 33.7 Å². The fourth-order valence-corrected chi connectivity index (χ4v) is 2.93. The van der Waals surface area contributed by atoms with Crippen molar-refractivity contribution in [3.8, 4) is 11.1 Å². The lowest BCUT2D eigenvalue weighted by molar-refractivity contribution is 0.903. The molecule has 0 saturated heterocycles. The Labute approximate surface area is 133 Å². The molecular weight excluding hydrogens is 266 g/mol. The maximum Gasteiger partial charge on any atom is 0.0564 e. The minimum Gasteiger partial charge on any atom is -0.320 e. The first-order valence-electron chi connectivity index (χ1n) is 8.22. The Morgan fingerprint density at radius 2 is 1.18 bits per heavy atom. The van der Waals surface area contributed by atoms with Crippen LogP contribution in [-0.2, 0) is 0 Å². The zero-order valence-corrected chi connectivity index (χ0v) is 13.9. The van der Waals surface area contributed by atoms with E-state index in [-0.39, 0.29) is 6.04 Å². The number of hydrogen-bond acceptors (Lipinski definition) is 1. The lowest BCUT2D eigenvalue weighted by Crippen LogP contribution is -2.07. The van der Waals surface area contributed by atoms with Gasteiger partial charge in [-0.15, -0.1) is 0 Å². The smallest absolute Gasteiger partial charge is 0.0564 e. The zero-order chi connectivity index (χ0) is 16.1. The largest absolute Gasteiger partial charge is 0.320 e. The molecule has 0 aromatic heterocycles. The Morgan fingerprint density at radius 3 is 1.86 bits per heavy atom. The molecule has 1 aliphatic carbocycles. The SMILES string of the molecule is CC.CC.NC1c2ccccc2-c2cc3ccccc3cc21. The van der Waals surface area contributed by atoms with Crippen LogP contribution in [0.4, 0.5) is 0 Å². The molecule has 0 bridgehead atoms. The molecule has 1 aliphatic rings. The van der Waals surface area contributed by atoms with Gasteiger partial charge in [0.1, 0.15) is 0 Å². The number of benzene rings is 3. The van der Waals surface area contributed by atoms with Crippen LogP contribution in [0.5, 0.6) is 0 Å². The molecule has 0 heterocycles. The second kappa shape index (κ2) is 7.24. The van der Waals surface area contributed by atoms with Crippen molar-refractivity contribution in [2.24, 2.45) is 5.73 Å². The van der Waals surface area contributed by atoms with E-state index in [1.165, 1.54) is 33.0 Å². The fraction of sp³-hybridized carbons (Fsp3) is 0.238. The third-order valence-corrected chi connectivity index (χ3v) is 3.84. The van der Waals surface area contributed by atoms with Crippen molar-refractivity contribution in [2.75, 3.05) is 0 Å². The number of hydrogen-bond donors (Lipinski definition) is 1. The van der Waals surface area contributed by atoms with E-state index in [9.17, 15) is 0 Å². The van der Waals surface area contributed by atoms with Gasteiger partial charge in [-0.25, -0.2) is 0 Å². The second-order valence-corrected chi connectivity index (χ2v) is 4.85. The van der Waals surface area contributed by atoms with Gasteiger partial charge >= 0.3 is 0 Å². The van der Waals surface area contributed by atoms with E-state index >= 15 is 0 Å². The molecule has 0 aliphatic heterocycles. The number of nitrogens with two attached hydrogens (primary N) is 1. The van der Waals surface area contributed by atoms with Gasteiger partial charge in [0, 0.05) is 0 Å². The zero-order valence-electron chi connectivity index (χ0n) is 13.9. The van der Waals surface area contributed by atoms with Gasteiger partial charge in [0.05, 0.1) is 6.04 Å². The van der Waals surface area contributed by atoms with Gasteiger partial charge < -0.3 is 5.73 Å². The van der Waals surface area contributed by atoms with E-state index in [0.717, 1.165) is 0 Å². The summed E-state index contributed by atoms with van der Waals surface area (Å²) in [7, 11) is 0. The molecule has 1 heteroatoms. The Kier molecular flexibility index (Phi) is 5.35. The van der Waals surface area contributed by atoms with Crippen LogP contribution in [0.15, 0.2) is 60.7 Å². The lowest BCUT2D eigenvalue weighted by Gasteiger charge is -2.07. The van der Waals surface area contributed by atoms with Crippen molar-refractivity contribution >= 4 is 10.8 Å². The quantitative estimate of drug-likeness (QED) is 0.546. The van der Waals surface area contributed by atoms with Gasteiger partial charge in [-0.3, -0.25) is 0 Å². The molecular formula is C21H25N. The highest BCUT2D eigenvalue weighted by molar-refractivity contribution is 5.92. The minimum absolute atomic E-state index is 0.0146. The summed E-state index contributed by atoms with van der Waals surface area (Å²) < 4.78 is 0. The van der Waals surface area contributed by atoms with E-state index in [2.05, 4.69) is 60.7 Å². The monoisotopic (exact) mass is 291 g/mol. The minimum atomic E-state index is 0.0146. The Balaban J connectivity index is 0.000000410. The highest BCUT2D eigenvalue weighted by atomic mass is 14.7. The number of fused-ring (bicyclic) bond motifs is 4. The molecule has 0 saturated carbocycles. The first-order chi connectivity index (χ1) is 10.8. The van der Waals surface area contributed by atoms with Gasteiger partial charge in [0.25, 0.3) is 0 Å². The topological polar surface area (TPSA) is 26.0 Å². The standard InChI is InChI=1S/C17H13N.2C2H6/c18-17-14-8-4-3-7-13(14)15-9-11-5-1-2-6-12(11)10-16(15)17;2*1-2/h1-10,17H,18H2;2*1-2H3. The predicted octanol–water partition coefficient (Wildman–Crippen LogP) is 5.92. The maximum absolute atomic E-state index is 6.35. The third-order valence-electron chi connectivity index (χ3n) is 3.84. The average molecular weight is 291 g/mol. The summed E-state index contributed by atoms with van der Waals surface area (Å²) in [5.41, 5.74) is 11.4. The Hall–Kier alpha value is -2.12. The van der Waals surface area contributed by atoms with Crippen LogP contribution >= 0.6 is 0 Å². The first kappa shape index (κ1) is 16.3.